The van der Waals surface area contributed by atoms with Crippen LogP contribution >= 0.6 is 11.8 Å². The number of hydrogen-bond donors (Lipinski definition) is 3. The molecule has 2 amide bonds. The van der Waals surface area contributed by atoms with Gasteiger partial charge in [-0.15, -0.1) is 11.8 Å². The first-order valence-corrected chi connectivity index (χ1v) is 14.0. The molecule has 0 spiro atoms. The first-order chi connectivity index (χ1) is 18.3. The standard InChI is InChI=1S/C30H36N4O3S/c1-6-34(7-2)14-13-31-30(36)28-19(3)27(32-20(28)4)17-25-24-16-23(11-12-26(24)33-29(25)35)38-18-21-9-8-10-22(15-21)37-5/h8-12,15-17,32H,6-7,13-14,18H2,1-5H3,(H,31,36)(H,33,35)/b25-17-. The third kappa shape index (κ3) is 6.14. The molecule has 0 aliphatic carbocycles. The molecular weight excluding hydrogens is 496 g/mol. The summed E-state index contributed by atoms with van der Waals surface area (Å²) in [6.07, 6.45) is 1.85. The molecule has 0 fully saturated rings. The van der Waals surface area contributed by atoms with Gasteiger partial charge in [-0.2, -0.15) is 0 Å². The third-order valence-electron chi connectivity index (χ3n) is 6.91. The first kappa shape index (κ1) is 27.5. The summed E-state index contributed by atoms with van der Waals surface area (Å²) in [5, 5.41) is 6.01. The summed E-state index contributed by atoms with van der Waals surface area (Å²) in [5.74, 6) is 1.39. The maximum Gasteiger partial charge on any atom is 0.256 e. The Morgan fingerprint density at radius 2 is 1.92 bits per heavy atom. The number of ether oxygens (including phenoxy) is 1. The summed E-state index contributed by atoms with van der Waals surface area (Å²) >= 11 is 1.71. The normalized spacial score (nSPS) is 13.6. The van der Waals surface area contributed by atoms with Gasteiger partial charge in [0.25, 0.3) is 11.8 Å². The van der Waals surface area contributed by atoms with Crippen molar-refractivity contribution in [2.45, 2.75) is 38.3 Å². The number of thioether (sulfide) groups is 1. The minimum atomic E-state index is -0.146. The van der Waals surface area contributed by atoms with Gasteiger partial charge in [0.15, 0.2) is 0 Å². The van der Waals surface area contributed by atoms with E-state index in [9.17, 15) is 9.59 Å². The monoisotopic (exact) mass is 532 g/mol. The molecule has 8 heteroatoms. The molecule has 38 heavy (non-hydrogen) atoms. The van der Waals surface area contributed by atoms with E-state index in [1.807, 2.05) is 50.3 Å². The number of rotatable bonds is 11. The van der Waals surface area contributed by atoms with Crippen LogP contribution in [-0.4, -0.2) is 55.0 Å². The lowest BCUT2D eigenvalue weighted by atomic mass is 10.0. The molecule has 0 bridgehead atoms. The molecule has 2 heterocycles. The van der Waals surface area contributed by atoms with Crippen LogP contribution in [-0.2, 0) is 10.5 Å². The van der Waals surface area contributed by atoms with Crippen LogP contribution in [0.25, 0.3) is 11.6 Å². The first-order valence-electron chi connectivity index (χ1n) is 13.0. The van der Waals surface area contributed by atoms with Crippen LogP contribution < -0.4 is 15.4 Å². The average Bonchev–Trinajstić information content (AvgIpc) is 3.39. The summed E-state index contributed by atoms with van der Waals surface area (Å²) in [6, 6.07) is 14.1. The van der Waals surface area contributed by atoms with Crippen molar-refractivity contribution in [3.05, 3.63) is 76.1 Å². The fraction of sp³-hybridized carbons (Fsp3) is 0.333. The number of amides is 2. The molecule has 1 aliphatic rings. The summed E-state index contributed by atoms with van der Waals surface area (Å²) in [6.45, 7) is 11.4. The quantitative estimate of drug-likeness (QED) is 0.224. The highest BCUT2D eigenvalue weighted by Gasteiger charge is 2.26. The Balaban J connectivity index is 1.52. The van der Waals surface area contributed by atoms with E-state index in [-0.39, 0.29) is 11.8 Å². The smallest absolute Gasteiger partial charge is 0.256 e. The number of fused-ring (bicyclic) bond motifs is 1. The number of aromatic nitrogens is 1. The van der Waals surface area contributed by atoms with Gasteiger partial charge in [-0.25, -0.2) is 0 Å². The molecule has 1 aliphatic heterocycles. The van der Waals surface area contributed by atoms with Gasteiger partial charge < -0.3 is 25.3 Å². The van der Waals surface area contributed by atoms with E-state index in [0.717, 1.165) is 64.2 Å². The maximum absolute atomic E-state index is 13.0. The van der Waals surface area contributed by atoms with Crippen LogP contribution in [0.5, 0.6) is 5.75 Å². The van der Waals surface area contributed by atoms with Gasteiger partial charge in [0, 0.05) is 46.4 Å². The van der Waals surface area contributed by atoms with E-state index in [0.29, 0.717) is 17.7 Å². The van der Waals surface area contributed by atoms with Crippen LogP contribution in [0, 0.1) is 13.8 Å². The number of anilines is 1. The number of hydrogen-bond acceptors (Lipinski definition) is 5. The van der Waals surface area contributed by atoms with Crippen molar-refractivity contribution < 1.29 is 14.3 Å². The number of carbonyl (C=O) groups excluding carboxylic acids is 2. The van der Waals surface area contributed by atoms with Gasteiger partial charge in [-0.1, -0.05) is 26.0 Å². The van der Waals surface area contributed by atoms with Gasteiger partial charge in [0.2, 0.25) is 0 Å². The van der Waals surface area contributed by atoms with Crippen LogP contribution in [0.4, 0.5) is 5.69 Å². The Morgan fingerprint density at radius 3 is 2.66 bits per heavy atom. The van der Waals surface area contributed by atoms with Crippen molar-refractivity contribution in [2.24, 2.45) is 0 Å². The highest BCUT2D eigenvalue weighted by molar-refractivity contribution is 7.98. The van der Waals surface area contributed by atoms with E-state index in [1.165, 1.54) is 5.56 Å². The Bertz CT molecular complexity index is 1360. The van der Waals surface area contributed by atoms with Crippen molar-refractivity contribution in [3.63, 3.8) is 0 Å². The van der Waals surface area contributed by atoms with Crippen LogP contribution in [0.2, 0.25) is 0 Å². The number of nitrogens with one attached hydrogen (secondary N) is 3. The maximum atomic E-state index is 13.0. The largest absolute Gasteiger partial charge is 0.497 e. The highest BCUT2D eigenvalue weighted by Crippen LogP contribution is 2.37. The molecule has 0 unspecified atom stereocenters. The minimum absolute atomic E-state index is 0.0967. The molecule has 0 radical (unpaired) electrons. The van der Waals surface area contributed by atoms with Crippen molar-refractivity contribution in [2.75, 3.05) is 38.6 Å². The minimum Gasteiger partial charge on any atom is -0.497 e. The molecule has 2 aromatic carbocycles. The lowest BCUT2D eigenvalue weighted by Crippen LogP contribution is -2.35. The highest BCUT2D eigenvalue weighted by atomic mass is 32.2. The van der Waals surface area contributed by atoms with Gasteiger partial charge in [-0.05, 0) is 74.5 Å². The number of methoxy groups -OCH3 is 1. The average molecular weight is 533 g/mol. The molecule has 3 aromatic rings. The topological polar surface area (TPSA) is 86.5 Å². The van der Waals surface area contributed by atoms with Gasteiger partial charge in [0.05, 0.1) is 18.2 Å². The molecular formula is C30H36N4O3S. The molecule has 4 rings (SSSR count). The second-order valence-electron chi connectivity index (χ2n) is 9.31. The number of carbonyl (C=O) groups is 2. The summed E-state index contributed by atoms with van der Waals surface area (Å²) in [4.78, 5) is 32.5. The second kappa shape index (κ2) is 12.4. The molecule has 0 saturated carbocycles. The zero-order valence-electron chi connectivity index (χ0n) is 22.7. The fourth-order valence-corrected chi connectivity index (χ4v) is 5.57. The number of H-pyrrole nitrogens is 1. The predicted octanol–water partition coefficient (Wildman–Crippen LogP) is 5.50. The van der Waals surface area contributed by atoms with Gasteiger partial charge in [-0.3, -0.25) is 9.59 Å². The van der Waals surface area contributed by atoms with Crippen molar-refractivity contribution >= 4 is 40.9 Å². The summed E-state index contributed by atoms with van der Waals surface area (Å²) in [5.41, 5.74) is 6.43. The van der Waals surface area contributed by atoms with E-state index in [1.54, 1.807) is 18.9 Å². The number of nitrogens with zero attached hydrogens (tertiary/aromatic N) is 1. The number of aromatic amines is 1. The third-order valence-corrected chi connectivity index (χ3v) is 7.98. The van der Waals surface area contributed by atoms with Crippen molar-refractivity contribution in [1.82, 2.24) is 15.2 Å². The summed E-state index contributed by atoms with van der Waals surface area (Å²) < 4.78 is 5.33. The van der Waals surface area contributed by atoms with Crippen molar-refractivity contribution in [1.29, 1.82) is 0 Å². The Kier molecular flexibility index (Phi) is 8.97. The molecule has 7 nitrogen and oxygen atoms in total. The van der Waals surface area contributed by atoms with E-state index >= 15 is 0 Å². The molecule has 1 aromatic heterocycles. The Hall–Kier alpha value is -3.49. The SMILES string of the molecule is CCN(CC)CCNC(=O)c1c(C)[nH]c(/C=C2\C(=O)Nc3ccc(SCc4cccc(OC)c4)cc32)c1C. The van der Waals surface area contributed by atoms with E-state index < -0.39 is 0 Å². The number of likely N-dealkylation sites (N-methyl/N-ethyl adjacent to an activating group) is 1. The van der Waals surface area contributed by atoms with E-state index in [2.05, 4.69) is 46.5 Å². The zero-order chi connectivity index (χ0) is 27.2. The van der Waals surface area contributed by atoms with E-state index in [4.69, 9.17) is 4.74 Å². The molecule has 3 N–H and O–H groups in total. The van der Waals surface area contributed by atoms with Gasteiger partial charge >= 0.3 is 0 Å². The van der Waals surface area contributed by atoms with Crippen molar-refractivity contribution in [3.8, 4) is 5.75 Å². The lowest BCUT2D eigenvalue weighted by Gasteiger charge is -2.18. The Labute approximate surface area is 229 Å². The second-order valence-corrected chi connectivity index (χ2v) is 10.4. The van der Waals surface area contributed by atoms with Crippen LogP contribution in [0.1, 0.15) is 52.3 Å². The predicted molar refractivity (Wildman–Crippen MR) is 156 cm³/mol. The van der Waals surface area contributed by atoms with Crippen LogP contribution in [0.15, 0.2) is 47.4 Å². The summed E-state index contributed by atoms with van der Waals surface area (Å²) in [7, 11) is 1.67. The van der Waals surface area contributed by atoms with Gasteiger partial charge in [0.1, 0.15) is 5.75 Å². The molecule has 0 saturated heterocycles. The lowest BCUT2D eigenvalue weighted by molar-refractivity contribution is -0.110. The Morgan fingerprint density at radius 1 is 1.13 bits per heavy atom. The van der Waals surface area contributed by atoms with Crippen LogP contribution in [0.3, 0.4) is 0 Å². The fourth-order valence-electron chi connectivity index (χ4n) is 4.69. The molecule has 200 valence electrons. The number of benzene rings is 2. The molecule has 0 atom stereocenters. The zero-order valence-corrected chi connectivity index (χ0v) is 23.6. The number of aryl methyl sites for hydroxylation is 1.